The molecule has 8 heteroatoms. The molecule has 1 aliphatic carbocycles. The minimum atomic E-state index is -3.61. The lowest BCUT2D eigenvalue weighted by Crippen LogP contribution is -2.25. The summed E-state index contributed by atoms with van der Waals surface area (Å²) >= 11 is 0. The summed E-state index contributed by atoms with van der Waals surface area (Å²) in [7, 11) is -3.61. The lowest BCUT2D eigenvalue weighted by atomic mass is 10.2. The van der Waals surface area contributed by atoms with Crippen molar-refractivity contribution < 1.29 is 8.42 Å². The second-order valence-electron chi connectivity index (χ2n) is 4.63. The number of nitrogens with zero attached hydrogens (tertiary/aromatic N) is 3. The van der Waals surface area contributed by atoms with Crippen molar-refractivity contribution in [2.45, 2.75) is 23.8 Å². The molecule has 0 aliphatic heterocycles. The zero-order valence-corrected chi connectivity index (χ0v) is 12.2. The fourth-order valence-electron chi connectivity index (χ4n) is 1.66. The van der Waals surface area contributed by atoms with Gasteiger partial charge in [-0.3, -0.25) is 0 Å². The predicted octanol–water partition coefficient (Wildman–Crippen LogP) is 1.36. The Morgan fingerprint density at radius 3 is 2.36 bits per heavy atom. The smallest absolute Gasteiger partial charge is 0.240 e. The van der Waals surface area contributed by atoms with E-state index in [0.29, 0.717) is 5.69 Å². The van der Waals surface area contributed by atoms with Gasteiger partial charge in [-0.25, -0.2) is 13.1 Å². The second-order valence-corrected chi connectivity index (χ2v) is 6.35. The van der Waals surface area contributed by atoms with E-state index < -0.39 is 10.0 Å². The van der Waals surface area contributed by atoms with E-state index in [2.05, 4.69) is 10.0 Å². The van der Waals surface area contributed by atoms with Crippen LogP contribution in [0.3, 0.4) is 0 Å². The van der Waals surface area contributed by atoms with E-state index >= 15 is 0 Å². The molecule has 1 saturated carbocycles. The van der Waals surface area contributed by atoms with Crippen LogP contribution >= 0.6 is 0 Å². The Kier molecular flexibility index (Phi) is 4.43. The molecule has 1 fully saturated rings. The second kappa shape index (κ2) is 6.28. The molecule has 2 N–H and O–H groups in total. The van der Waals surface area contributed by atoms with E-state index in [9.17, 15) is 8.42 Å². The fraction of sp³-hybridized carbons (Fsp3) is 0.214. The highest BCUT2D eigenvalue weighted by molar-refractivity contribution is 7.89. The Morgan fingerprint density at radius 1 is 1.14 bits per heavy atom. The zero-order chi connectivity index (χ0) is 16.2. The normalized spacial score (nSPS) is 13.3. The van der Waals surface area contributed by atoms with Crippen LogP contribution in [0, 0.1) is 34.0 Å². The molecule has 7 nitrogen and oxygen atoms in total. The van der Waals surface area contributed by atoms with Gasteiger partial charge < -0.3 is 5.32 Å². The summed E-state index contributed by atoms with van der Waals surface area (Å²) < 4.78 is 26.8. The van der Waals surface area contributed by atoms with Crippen molar-refractivity contribution in [3.63, 3.8) is 0 Å². The molecule has 22 heavy (non-hydrogen) atoms. The van der Waals surface area contributed by atoms with E-state index in [1.54, 1.807) is 24.3 Å². The number of sulfonamides is 1. The van der Waals surface area contributed by atoms with Crippen LogP contribution in [0.25, 0.3) is 0 Å². The molecule has 0 amide bonds. The molecule has 0 saturated heterocycles. The van der Waals surface area contributed by atoms with Gasteiger partial charge in [-0.2, -0.15) is 15.8 Å². The monoisotopic (exact) mass is 313 g/mol. The van der Waals surface area contributed by atoms with Crippen LogP contribution in [0.4, 0.5) is 5.69 Å². The summed E-state index contributed by atoms with van der Waals surface area (Å²) in [5.41, 5.74) is -0.292. The summed E-state index contributed by atoms with van der Waals surface area (Å²) in [6.07, 6.45) is 1.65. The number of allylic oxidation sites excluding steroid dienone is 2. The van der Waals surface area contributed by atoms with Gasteiger partial charge in [0, 0.05) is 11.7 Å². The van der Waals surface area contributed by atoms with Gasteiger partial charge in [-0.15, -0.1) is 0 Å². The van der Waals surface area contributed by atoms with Crippen LogP contribution in [0.1, 0.15) is 12.8 Å². The molecule has 0 radical (unpaired) electrons. The SMILES string of the molecule is N#CC(C#N)=C(C#N)Nc1cccc(S(=O)(=O)NC2CC2)c1. The lowest BCUT2D eigenvalue weighted by molar-refractivity contribution is 0.581. The maximum atomic E-state index is 12.1. The van der Waals surface area contributed by atoms with Crippen LogP contribution < -0.4 is 10.0 Å². The van der Waals surface area contributed by atoms with Gasteiger partial charge in [-0.1, -0.05) is 6.07 Å². The van der Waals surface area contributed by atoms with Gasteiger partial charge in [0.1, 0.15) is 23.9 Å². The number of anilines is 1. The fourth-order valence-corrected chi connectivity index (χ4v) is 3.01. The van der Waals surface area contributed by atoms with Crippen LogP contribution in [0.2, 0.25) is 0 Å². The molecule has 0 bridgehead atoms. The summed E-state index contributed by atoms with van der Waals surface area (Å²) in [5.74, 6) is 0. The van der Waals surface area contributed by atoms with E-state index in [0.717, 1.165) is 12.8 Å². The highest BCUT2D eigenvalue weighted by atomic mass is 32.2. The molecular formula is C14H11N5O2S. The molecule has 1 aromatic carbocycles. The molecule has 0 unspecified atom stereocenters. The number of hydrogen-bond donors (Lipinski definition) is 2. The van der Waals surface area contributed by atoms with Crippen LogP contribution in [0.15, 0.2) is 40.4 Å². The summed E-state index contributed by atoms with van der Waals surface area (Å²) in [4.78, 5) is 0.0529. The van der Waals surface area contributed by atoms with Crippen molar-refractivity contribution in [1.82, 2.24) is 4.72 Å². The largest absolute Gasteiger partial charge is 0.345 e. The molecular weight excluding hydrogens is 302 g/mol. The van der Waals surface area contributed by atoms with Gasteiger partial charge in [0.25, 0.3) is 0 Å². The minimum absolute atomic E-state index is 0.0139. The first-order chi connectivity index (χ1) is 10.5. The maximum absolute atomic E-state index is 12.1. The lowest BCUT2D eigenvalue weighted by Gasteiger charge is -2.09. The quantitative estimate of drug-likeness (QED) is 0.789. The first kappa shape index (κ1) is 15.5. The standard InChI is InChI=1S/C14H11N5O2S/c15-7-10(8-16)14(9-17)18-12-2-1-3-13(6-12)22(20,21)19-11-4-5-11/h1-3,6,11,18-19H,4-5H2. The number of hydrogen-bond acceptors (Lipinski definition) is 6. The molecule has 0 spiro atoms. The number of benzene rings is 1. The maximum Gasteiger partial charge on any atom is 0.240 e. The van der Waals surface area contributed by atoms with Crippen molar-refractivity contribution in [3.8, 4) is 18.2 Å². The number of rotatable bonds is 5. The van der Waals surface area contributed by atoms with Crippen molar-refractivity contribution in [3.05, 3.63) is 35.5 Å². The van der Waals surface area contributed by atoms with Gasteiger partial charge in [0.05, 0.1) is 4.90 Å². The van der Waals surface area contributed by atoms with E-state index in [-0.39, 0.29) is 22.2 Å². The summed E-state index contributed by atoms with van der Waals surface area (Å²) in [5, 5.41) is 29.1. The third kappa shape index (κ3) is 3.62. The highest BCUT2D eigenvalue weighted by Gasteiger charge is 2.28. The molecule has 0 aromatic heterocycles. The highest BCUT2D eigenvalue weighted by Crippen LogP contribution is 2.23. The van der Waals surface area contributed by atoms with Crippen LogP contribution in [0.5, 0.6) is 0 Å². The van der Waals surface area contributed by atoms with Crippen LogP contribution in [-0.2, 0) is 10.0 Å². The zero-order valence-electron chi connectivity index (χ0n) is 11.4. The Morgan fingerprint density at radius 2 is 1.82 bits per heavy atom. The summed E-state index contributed by atoms with van der Waals surface area (Å²) in [6.45, 7) is 0. The molecule has 2 rings (SSSR count). The minimum Gasteiger partial charge on any atom is -0.345 e. The molecule has 1 aromatic rings. The van der Waals surface area contributed by atoms with Crippen molar-refractivity contribution in [2.75, 3.05) is 5.32 Å². The van der Waals surface area contributed by atoms with Crippen molar-refractivity contribution >= 4 is 15.7 Å². The Bertz CT molecular complexity index is 832. The third-order valence-electron chi connectivity index (χ3n) is 2.90. The van der Waals surface area contributed by atoms with E-state index in [1.807, 2.05) is 0 Å². The van der Waals surface area contributed by atoms with Gasteiger partial charge in [0.2, 0.25) is 10.0 Å². The van der Waals surface area contributed by atoms with E-state index in [1.165, 1.54) is 18.2 Å². The molecule has 1 aliphatic rings. The Hall–Kier alpha value is -2.86. The third-order valence-corrected chi connectivity index (χ3v) is 4.42. The van der Waals surface area contributed by atoms with Crippen molar-refractivity contribution in [2.24, 2.45) is 0 Å². The molecule has 0 atom stereocenters. The average Bonchev–Trinajstić information content (AvgIpc) is 3.31. The van der Waals surface area contributed by atoms with Crippen molar-refractivity contribution in [1.29, 1.82) is 15.8 Å². The number of nitriles is 3. The Labute approximate surface area is 128 Å². The number of nitrogens with one attached hydrogen (secondary N) is 2. The summed E-state index contributed by atoms with van der Waals surface area (Å²) in [6, 6.07) is 10.7. The van der Waals surface area contributed by atoms with Gasteiger partial charge >= 0.3 is 0 Å². The van der Waals surface area contributed by atoms with Crippen LogP contribution in [-0.4, -0.2) is 14.5 Å². The van der Waals surface area contributed by atoms with E-state index in [4.69, 9.17) is 15.8 Å². The average molecular weight is 313 g/mol. The molecule has 110 valence electrons. The molecule has 0 heterocycles. The first-order valence-corrected chi connectivity index (χ1v) is 7.82. The Balaban J connectivity index is 2.30. The topological polar surface area (TPSA) is 130 Å². The predicted molar refractivity (Wildman–Crippen MR) is 77.3 cm³/mol. The first-order valence-electron chi connectivity index (χ1n) is 6.34. The van der Waals surface area contributed by atoms with Gasteiger partial charge in [0.15, 0.2) is 5.57 Å². The van der Waals surface area contributed by atoms with Gasteiger partial charge in [-0.05, 0) is 31.0 Å².